The molecule has 2 rings (SSSR count). The summed E-state index contributed by atoms with van der Waals surface area (Å²) in [5.41, 5.74) is 1.22. The molecule has 0 N–H and O–H groups in total. The molecule has 1 fully saturated rings. The Balaban J connectivity index is 2.17. The Kier molecular flexibility index (Phi) is 4.35. The molecule has 0 radical (unpaired) electrons. The minimum absolute atomic E-state index is 0.185. The van der Waals surface area contributed by atoms with Crippen LogP contribution in [0.2, 0.25) is 0 Å². The number of morpholine rings is 1. The van der Waals surface area contributed by atoms with Crippen LogP contribution in [-0.2, 0) is 4.74 Å². The van der Waals surface area contributed by atoms with Crippen molar-refractivity contribution in [2.24, 2.45) is 0 Å². The van der Waals surface area contributed by atoms with E-state index in [4.69, 9.17) is 10.00 Å². The third-order valence-electron chi connectivity index (χ3n) is 3.36. The zero-order chi connectivity index (χ0) is 13.0. The second kappa shape index (κ2) is 5.99. The highest BCUT2D eigenvalue weighted by Gasteiger charge is 2.28. The van der Waals surface area contributed by atoms with Crippen molar-refractivity contribution in [1.29, 1.82) is 5.26 Å². The summed E-state index contributed by atoms with van der Waals surface area (Å²) >= 11 is 0. The first-order valence-corrected chi connectivity index (χ1v) is 6.52. The van der Waals surface area contributed by atoms with Crippen molar-refractivity contribution in [2.45, 2.75) is 38.5 Å². The van der Waals surface area contributed by atoms with E-state index >= 15 is 0 Å². The topological polar surface area (TPSA) is 36.3 Å². The molecule has 0 amide bonds. The lowest BCUT2D eigenvalue weighted by atomic mass is 10.0. The summed E-state index contributed by atoms with van der Waals surface area (Å²) < 4.78 is 5.76. The summed E-state index contributed by atoms with van der Waals surface area (Å²) in [6.07, 6.45) is 1.00. The Morgan fingerprint density at radius 2 is 1.89 bits per heavy atom. The van der Waals surface area contributed by atoms with Crippen molar-refractivity contribution >= 4 is 0 Å². The molecule has 0 spiro atoms. The van der Waals surface area contributed by atoms with E-state index in [1.807, 2.05) is 18.2 Å². The van der Waals surface area contributed by atoms with Gasteiger partial charge in [-0.15, -0.1) is 0 Å². The monoisotopic (exact) mass is 244 g/mol. The first-order valence-electron chi connectivity index (χ1n) is 6.52. The van der Waals surface area contributed by atoms with Crippen LogP contribution in [0.25, 0.3) is 0 Å². The highest BCUT2D eigenvalue weighted by atomic mass is 16.5. The molecule has 1 aliphatic heterocycles. The van der Waals surface area contributed by atoms with Gasteiger partial charge >= 0.3 is 0 Å². The molecule has 1 aromatic rings. The van der Waals surface area contributed by atoms with Gasteiger partial charge in [-0.05, 0) is 19.4 Å². The van der Waals surface area contributed by atoms with Gasteiger partial charge in [-0.25, -0.2) is 0 Å². The van der Waals surface area contributed by atoms with Gasteiger partial charge in [0, 0.05) is 19.1 Å². The number of benzene rings is 1. The fraction of sp³-hybridized carbons (Fsp3) is 0.533. The van der Waals surface area contributed by atoms with Crippen molar-refractivity contribution in [3.05, 3.63) is 35.9 Å². The van der Waals surface area contributed by atoms with Crippen LogP contribution in [0, 0.1) is 11.3 Å². The maximum absolute atomic E-state index is 9.05. The van der Waals surface area contributed by atoms with Crippen molar-refractivity contribution in [3.8, 4) is 6.07 Å². The van der Waals surface area contributed by atoms with Gasteiger partial charge in [0.05, 0.1) is 24.7 Å². The quantitative estimate of drug-likeness (QED) is 0.820. The Morgan fingerprint density at radius 1 is 1.28 bits per heavy atom. The van der Waals surface area contributed by atoms with Crippen molar-refractivity contribution in [1.82, 2.24) is 4.90 Å². The van der Waals surface area contributed by atoms with Gasteiger partial charge in [0.1, 0.15) is 0 Å². The summed E-state index contributed by atoms with van der Waals surface area (Å²) in [7, 11) is 0. The summed E-state index contributed by atoms with van der Waals surface area (Å²) in [4.78, 5) is 2.37. The average Bonchev–Trinajstić information content (AvgIpc) is 2.36. The Bertz CT molecular complexity index is 402. The Hall–Kier alpha value is -1.37. The van der Waals surface area contributed by atoms with E-state index in [-0.39, 0.29) is 18.2 Å². The molecule has 3 atom stereocenters. The number of ether oxygens (including phenoxy) is 1. The van der Waals surface area contributed by atoms with Crippen LogP contribution < -0.4 is 0 Å². The van der Waals surface area contributed by atoms with Crippen molar-refractivity contribution in [3.63, 3.8) is 0 Å². The van der Waals surface area contributed by atoms with Gasteiger partial charge in [0.2, 0.25) is 0 Å². The van der Waals surface area contributed by atoms with Gasteiger partial charge in [-0.2, -0.15) is 5.26 Å². The molecule has 0 aliphatic carbocycles. The lowest BCUT2D eigenvalue weighted by Gasteiger charge is -2.39. The Morgan fingerprint density at radius 3 is 2.44 bits per heavy atom. The summed E-state index contributed by atoms with van der Waals surface area (Å²) in [5, 5.41) is 9.05. The van der Waals surface area contributed by atoms with E-state index < -0.39 is 0 Å². The highest BCUT2D eigenvalue weighted by molar-refractivity contribution is 5.20. The molecule has 1 saturated heterocycles. The van der Waals surface area contributed by atoms with Crippen LogP contribution in [0.5, 0.6) is 0 Å². The van der Waals surface area contributed by atoms with E-state index in [2.05, 4.69) is 36.9 Å². The standard InChI is InChI=1S/C15H20N2O/c1-12-10-17(11-13(2)18-12)15(8-9-16)14-6-4-3-5-7-14/h3-7,12-13,15H,8,10-11H2,1-2H3/t12-,13+,15?. The van der Waals surface area contributed by atoms with E-state index in [0.717, 1.165) is 13.1 Å². The molecule has 0 saturated carbocycles. The van der Waals surface area contributed by atoms with Crippen molar-refractivity contribution < 1.29 is 4.74 Å². The van der Waals surface area contributed by atoms with E-state index in [0.29, 0.717) is 6.42 Å². The summed E-state index contributed by atoms with van der Waals surface area (Å²) in [5.74, 6) is 0. The number of hydrogen-bond donors (Lipinski definition) is 0. The van der Waals surface area contributed by atoms with Crippen LogP contribution >= 0.6 is 0 Å². The van der Waals surface area contributed by atoms with Gasteiger partial charge < -0.3 is 4.74 Å². The molecular formula is C15H20N2O. The van der Waals surface area contributed by atoms with Crippen LogP contribution in [0.4, 0.5) is 0 Å². The maximum atomic E-state index is 9.05. The van der Waals surface area contributed by atoms with Crippen LogP contribution in [0.3, 0.4) is 0 Å². The second-order valence-corrected chi connectivity index (χ2v) is 5.00. The summed E-state index contributed by atoms with van der Waals surface area (Å²) in [6, 6.07) is 12.8. The highest BCUT2D eigenvalue weighted by Crippen LogP contribution is 2.27. The minimum atomic E-state index is 0.185. The zero-order valence-corrected chi connectivity index (χ0v) is 11.0. The predicted molar refractivity (Wildman–Crippen MR) is 71.0 cm³/mol. The van der Waals surface area contributed by atoms with E-state index in [1.165, 1.54) is 5.56 Å². The zero-order valence-electron chi connectivity index (χ0n) is 11.0. The average molecular weight is 244 g/mol. The molecule has 0 aromatic heterocycles. The molecule has 3 heteroatoms. The van der Waals surface area contributed by atoms with Crippen LogP contribution in [0.1, 0.15) is 31.9 Å². The fourth-order valence-electron chi connectivity index (χ4n) is 2.69. The summed E-state index contributed by atoms with van der Waals surface area (Å²) in [6.45, 7) is 5.98. The van der Waals surface area contributed by atoms with E-state index in [1.54, 1.807) is 0 Å². The lowest BCUT2D eigenvalue weighted by molar-refractivity contribution is -0.0805. The van der Waals surface area contributed by atoms with Gasteiger partial charge in [-0.3, -0.25) is 4.90 Å². The predicted octanol–water partition coefficient (Wildman–Crippen LogP) is 2.75. The largest absolute Gasteiger partial charge is 0.373 e. The van der Waals surface area contributed by atoms with Crippen molar-refractivity contribution in [2.75, 3.05) is 13.1 Å². The molecule has 1 aromatic carbocycles. The number of nitriles is 1. The minimum Gasteiger partial charge on any atom is -0.373 e. The molecule has 0 bridgehead atoms. The molecule has 1 unspecified atom stereocenters. The smallest absolute Gasteiger partial charge is 0.0678 e. The lowest BCUT2D eigenvalue weighted by Crippen LogP contribution is -2.46. The van der Waals surface area contributed by atoms with Crippen LogP contribution in [0.15, 0.2) is 30.3 Å². The fourth-order valence-corrected chi connectivity index (χ4v) is 2.69. The molecule has 18 heavy (non-hydrogen) atoms. The van der Waals surface area contributed by atoms with Gasteiger partial charge in [0.25, 0.3) is 0 Å². The number of nitrogens with zero attached hydrogens (tertiary/aromatic N) is 2. The van der Waals surface area contributed by atoms with Crippen LogP contribution in [-0.4, -0.2) is 30.2 Å². The third-order valence-corrected chi connectivity index (χ3v) is 3.36. The normalized spacial score (nSPS) is 26.5. The molecule has 1 aliphatic rings. The first kappa shape index (κ1) is 13.1. The molecule has 96 valence electrons. The number of rotatable bonds is 3. The van der Waals surface area contributed by atoms with E-state index in [9.17, 15) is 0 Å². The molecule has 1 heterocycles. The molecule has 3 nitrogen and oxygen atoms in total. The van der Waals surface area contributed by atoms with Gasteiger partial charge in [-0.1, -0.05) is 30.3 Å². The third kappa shape index (κ3) is 3.10. The first-order chi connectivity index (χ1) is 8.70. The Labute approximate surface area is 109 Å². The maximum Gasteiger partial charge on any atom is 0.0678 e. The second-order valence-electron chi connectivity index (χ2n) is 5.00. The number of hydrogen-bond acceptors (Lipinski definition) is 3. The van der Waals surface area contributed by atoms with Gasteiger partial charge in [0.15, 0.2) is 0 Å². The molecular weight excluding hydrogens is 224 g/mol. The SMILES string of the molecule is C[C@@H]1CN(C(CC#N)c2ccccc2)C[C@H](C)O1.